The van der Waals surface area contributed by atoms with Gasteiger partial charge < -0.3 is 0 Å². The summed E-state index contributed by atoms with van der Waals surface area (Å²) in [6, 6.07) is 0. The third-order valence-electron chi connectivity index (χ3n) is 2.37. The lowest BCUT2D eigenvalue weighted by Gasteiger charge is -2.40. The number of rotatable bonds is 3. The molecule has 0 atom stereocenters. The second-order valence-electron chi connectivity index (χ2n) is 3.62. The van der Waals surface area contributed by atoms with Crippen molar-refractivity contribution < 1.29 is 12.8 Å². The van der Waals surface area contributed by atoms with Crippen molar-refractivity contribution in [3.05, 3.63) is 10.4 Å². The summed E-state index contributed by atoms with van der Waals surface area (Å²) in [4.78, 5) is 2.33. The van der Waals surface area contributed by atoms with Crippen molar-refractivity contribution in [1.82, 2.24) is 4.31 Å². The molecule has 2 fully saturated rings. The standard InChI is InChI=1S/C6H9FN4O2S/c7-6(9-10-8)3-11(4-6)14(12,13)5-1-2-5/h5H,1-4H2. The zero-order chi connectivity index (χ0) is 10.4. The first kappa shape index (κ1) is 9.70. The van der Waals surface area contributed by atoms with E-state index in [1.807, 2.05) is 0 Å². The van der Waals surface area contributed by atoms with E-state index in [4.69, 9.17) is 5.53 Å². The summed E-state index contributed by atoms with van der Waals surface area (Å²) >= 11 is 0. The first-order valence-electron chi connectivity index (χ1n) is 4.22. The van der Waals surface area contributed by atoms with E-state index in [0.29, 0.717) is 12.8 Å². The van der Waals surface area contributed by atoms with Gasteiger partial charge in [-0.05, 0) is 18.4 Å². The monoisotopic (exact) mass is 220 g/mol. The molecular formula is C6H9FN4O2S. The SMILES string of the molecule is [N-]=[N+]=NC1(F)CN(S(=O)(=O)C2CC2)C1. The molecule has 0 aromatic carbocycles. The van der Waals surface area contributed by atoms with Crippen LogP contribution in [0.3, 0.4) is 0 Å². The molecule has 0 amide bonds. The predicted molar refractivity (Wildman–Crippen MR) is 46.5 cm³/mol. The van der Waals surface area contributed by atoms with Crippen molar-refractivity contribution >= 4 is 10.0 Å². The topological polar surface area (TPSA) is 86.1 Å². The summed E-state index contributed by atoms with van der Waals surface area (Å²) < 4.78 is 37.3. The molecule has 14 heavy (non-hydrogen) atoms. The molecule has 8 heteroatoms. The third-order valence-corrected chi connectivity index (χ3v) is 4.66. The predicted octanol–water partition coefficient (Wildman–Crippen LogP) is 0.770. The Labute approximate surface area is 80.4 Å². The molecule has 6 nitrogen and oxygen atoms in total. The fourth-order valence-electron chi connectivity index (χ4n) is 1.39. The summed E-state index contributed by atoms with van der Waals surface area (Å²) in [6.45, 7) is -0.675. The van der Waals surface area contributed by atoms with Gasteiger partial charge in [0.1, 0.15) is 0 Å². The molecule has 78 valence electrons. The molecular weight excluding hydrogens is 211 g/mol. The number of sulfonamides is 1. The van der Waals surface area contributed by atoms with Gasteiger partial charge in [0.25, 0.3) is 0 Å². The van der Waals surface area contributed by atoms with E-state index in [1.165, 1.54) is 0 Å². The molecule has 0 radical (unpaired) electrons. The van der Waals surface area contributed by atoms with Gasteiger partial charge in [-0.15, -0.1) is 0 Å². The Morgan fingerprint density at radius 1 is 1.50 bits per heavy atom. The molecule has 0 unspecified atom stereocenters. The largest absolute Gasteiger partial charge is 0.235 e. The van der Waals surface area contributed by atoms with E-state index in [-0.39, 0.29) is 18.3 Å². The number of halogens is 1. The van der Waals surface area contributed by atoms with Crippen LogP contribution >= 0.6 is 0 Å². The average molecular weight is 220 g/mol. The van der Waals surface area contributed by atoms with Crippen molar-refractivity contribution in [2.24, 2.45) is 5.11 Å². The molecule has 1 saturated heterocycles. The van der Waals surface area contributed by atoms with Gasteiger partial charge in [-0.1, -0.05) is 5.11 Å². The molecule has 1 aliphatic heterocycles. The van der Waals surface area contributed by atoms with Crippen molar-refractivity contribution in [1.29, 1.82) is 0 Å². The normalized spacial score (nSPS) is 26.4. The summed E-state index contributed by atoms with van der Waals surface area (Å²) in [5, 5.41) is 2.58. The molecule has 1 aliphatic carbocycles. The Kier molecular flexibility index (Phi) is 1.95. The molecule has 1 heterocycles. The van der Waals surface area contributed by atoms with Crippen molar-refractivity contribution in [3.63, 3.8) is 0 Å². The molecule has 2 rings (SSSR count). The van der Waals surface area contributed by atoms with Gasteiger partial charge in [-0.25, -0.2) is 12.8 Å². The van der Waals surface area contributed by atoms with Crippen LogP contribution in [-0.4, -0.2) is 36.9 Å². The molecule has 1 saturated carbocycles. The highest BCUT2D eigenvalue weighted by atomic mass is 32.2. The second kappa shape index (κ2) is 2.82. The highest BCUT2D eigenvalue weighted by Crippen LogP contribution is 2.37. The molecule has 0 aromatic rings. The van der Waals surface area contributed by atoms with Gasteiger partial charge in [-0.2, -0.15) is 4.31 Å². The zero-order valence-electron chi connectivity index (χ0n) is 7.30. The minimum atomic E-state index is -3.31. The minimum Gasteiger partial charge on any atom is -0.235 e. The van der Waals surface area contributed by atoms with Crippen molar-refractivity contribution in [2.45, 2.75) is 23.9 Å². The van der Waals surface area contributed by atoms with Crippen LogP contribution in [0.25, 0.3) is 10.4 Å². The number of hydrogen-bond donors (Lipinski definition) is 0. The van der Waals surface area contributed by atoms with E-state index in [1.54, 1.807) is 0 Å². The lowest BCUT2D eigenvalue weighted by molar-refractivity contribution is 0.0283. The highest BCUT2D eigenvalue weighted by molar-refractivity contribution is 7.90. The maximum atomic E-state index is 13.2. The van der Waals surface area contributed by atoms with Gasteiger partial charge in [0.15, 0.2) is 0 Å². The lowest BCUT2D eigenvalue weighted by atomic mass is 10.1. The van der Waals surface area contributed by atoms with Crippen LogP contribution < -0.4 is 0 Å². The highest BCUT2D eigenvalue weighted by Gasteiger charge is 2.52. The van der Waals surface area contributed by atoms with Crippen LogP contribution in [0.15, 0.2) is 5.11 Å². The first-order valence-corrected chi connectivity index (χ1v) is 5.72. The summed E-state index contributed by atoms with van der Waals surface area (Å²) in [5.74, 6) is -2.03. The number of alkyl halides is 1. The van der Waals surface area contributed by atoms with Crippen molar-refractivity contribution in [3.8, 4) is 0 Å². The number of azide groups is 1. The minimum absolute atomic E-state index is 0.335. The summed E-state index contributed by atoms with van der Waals surface area (Å²) in [5.41, 5.74) is 8.03. The van der Waals surface area contributed by atoms with Crippen molar-refractivity contribution in [2.75, 3.05) is 13.1 Å². The van der Waals surface area contributed by atoms with E-state index in [2.05, 4.69) is 10.0 Å². The zero-order valence-corrected chi connectivity index (χ0v) is 8.11. The van der Waals surface area contributed by atoms with Gasteiger partial charge in [0.05, 0.1) is 18.3 Å². The van der Waals surface area contributed by atoms with E-state index < -0.39 is 15.8 Å². The third kappa shape index (κ3) is 1.45. The molecule has 0 N–H and O–H groups in total. The van der Waals surface area contributed by atoms with E-state index in [0.717, 1.165) is 4.31 Å². The van der Waals surface area contributed by atoms with Gasteiger partial charge in [0, 0.05) is 4.91 Å². The van der Waals surface area contributed by atoms with Crippen LogP contribution in [0.1, 0.15) is 12.8 Å². The first-order chi connectivity index (χ1) is 6.48. The van der Waals surface area contributed by atoms with Crippen LogP contribution in [0.2, 0.25) is 0 Å². The maximum Gasteiger partial charge on any atom is 0.217 e. The molecule has 0 bridgehead atoms. The summed E-state index contributed by atoms with van der Waals surface area (Å²) in [7, 11) is -3.31. The fraction of sp³-hybridized carbons (Fsp3) is 1.00. The van der Waals surface area contributed by atoms with Crippen LogP contribution in [0, 0.1) is 0 Å². The number of hydrogen-bond acceptors (Lipinski definition) is 3. The Morgan fingerprint density at radius 2 is 2.07 bits per heavy atom. The van der Waals surface area contributed by atoms with Crippen LogP contribution in [0.4, 0.5) is 4.39 Å². The summed E-state index contributed by atoms with van der Waals surface area (Å²) in [6.07, 6.45) is 1.30. The average Bonchev–Trinajstić information content (AvgIpc) is 2.82. The molecule has 0 aromatic heterocycles. The molecule has 0 spiro atoms. The number of nitrogens with zero attached hydrogens (tertiary/aromatic N) is 4. The second-order valence-corrected chi connectivity index (χ2v) is 5.83. The van der Waals surface area contributed by atoms with Gasteiger partial charge >= 0.3 is 0 Å². The maximum absolute atomic E-state index is 13.2. The Morgan fingerprint density at radius 3 is 2.50 bits per heavy atom. The van der Waals surface area contributed by atoms with Crippen LogP contribution in [0.5, 0.6) is 0 Å². The Bertz CT molecular complexity index is 392. The Hall–Kier alpha value is -0.850. The quantitative estimate of drug-likeness (QED) is 0.304. The van der Waals surface area contributed by atoms with Crippen LogP contribution in [-0.2, 0) is 10.0 Å². The molecule has 2 aliphatic rings. The van der Waals surface area contributed by atoms with Gasteiger partial charge in [0.2, 0.25) is 15.8 Å². The smallest absolute Gasteiger partial charge is 0.217 e. The van der Waals surface area contributed by atoms with E-state index >= 15 is 0 Å². The van der Waals surface area contributed by atoms with E-state index in [9.17, 15) is 12.8 Å². The van der Waals surface area contributed by atoms with Gasteiger partial charge in [-0.3, -0.25) is 0 Å². The lowest BCUT2D eigenvalue weighted by Crippen LogP contribution is -2.60. The fourth-order valence-corrected chi connectivity index (χ4v) is 3.30. The Balaban J connectivity index is 2.03.